The maximum atomic E-state index is 13.5. The Labute approximate surface area is 223 Å². The van der Waals surface area contributed by atoms with Crippen molar-refractivity contribution in [1.82, 2.24) is 9.80 Å². The van der Waals surface area contributed by atoms with Crippen molar-refractivity contribution in [2.75, 3.05) is 32.8 Å². The predicted molar refractivity (Wildman–Crippen MR) is 145 cm³/mol. The van der Waals surface area contributed by atoms with Gasteiger partial charge in [0.2, 0.25) is 0 Å². The molecule has 37 heavy (non-hydrogen) atoms. The fourth-order valence-corrected chi connectivity index (χ4v) is 4.65. The van der Waals surface area contributed by atoms with Crippen molar-refractivity contribution in [1.29, 1.82) is 0 Å². The third-order valence-electron chi connectivity index (χ3n) is 6.55. The lowest BCUT2D eigenvalue weighted by Gasteiger charge is -2.33. The first-order valence-electron chi connectivity index (χ1n) is 12.8. The van der Waals surface area contributed by atoms with E-state index in [4.69, 9.17) is 21.1 Å². The second-order valence-electron chi connectivity index (χ2n) is 9.07. The summed E-state index contributed by atoms with van der Waals surface area (Å²) in [6, 6.07) is 24.2. The van der Waals surface area contributed by atoms with Gasteiger partial charge >= 0.3 is 0 Å². The molecule has 1 aliphatic heterocycles. The van der Waals surface area contributed by atoms with Crippen LogP contribution in [0.15, 0.2) is 78.9 Å². The zero-order valence-corrected chi connectivity index (χ0v) is 21.9. The number of benzene rings is 3. The fraction of sp³-hybridized carbons (Fsp3) is 0.333. The minimum absolute atomic E-state index is 0.0254. The van der Waals surface area contributed by atoms with Gasteiger partial charge < -0.3 is 19.3 Å². The summed E-state index contributed by atoms with van der Waals surface area (Å²) in [6.07, 6.45) is 2.19. The third kappa shape index (κ3) is 7.26. The molecule has 0 N–H and O–H groups in total. The summed E-state index contributed by atoms with van der Waals surface area (Å²) in [4.78, 5) is 30.5. The number of carbonyl (C=O) groups is 2. The zero-order chi connectivity index (χ0) is 26.0. The Bertz CT molecular complexity index is 1170. The summed E-state index contributed by atoms with van der Waals surface area (Å²) in [5.74, 6) is 0.999. The second-order valence-corrected chi connectivity index (χ2v) is 9.51. The number of rotatable bonds is 6. The quantitative estimate of drug-likeness (QED) is 0.431. The largest absolute Gasteiger partial charge is 0.491 e. The highest BCUT2D eigenvalue weighted by Gasteiger charge is 2.27. The summed E-state index contributed by atoms with van der Waals surface area (Å²) in [5.41, 5.74) is 1.66. The molecule has 3 aromatic carbocycles. The maximum absolute atomic E-state index is 13.5. The van der Waals surface area contributed by atoms with Crippen molar-refractivity contribution in [3.05, 3.63) is 95.0 Å². The molecule has 6 nitrogen and oxygen atoms in total. The number of hydrogen-bond acceptors (Lipinski definition) is 4. The van der Waals surface area contributed by atoms with Gasteiger partial charge in [-0.1, -0.05) is 54.1 Å². The normalized spacial score (nSPS) is 16.7. The fourth-order valence-electron chi connectivity index (χ4n) is 4.53. The smallest absolute Gasteiger partial charge is 0.260 e. The molecule has 7 heteroatoms. The number of hydrogen-bond donors (Lipinski definition) is 0. The lowest BCUT2D eigenvalue weighted by molar-refractivity contribution is -0.136. The first-order chi connectivity index (χ1) is 18.0. The molecule has 0 saturated heterocycles. The average Bonchev–Trinajstić information content (AvgIpc) is 2.92. The third-order valence-corrected chi connectivity index (χ3v) is 6.80. The molecule has 0 unspecified atom stereocenters. The Morgan fingerprint density at radius 1 is 0.973 bits per heavy atom. The van der Waals surface area contributed by atoms with Gasteiger partial charge in [-0.2, -0.15) is 0 Å². The molecule has 4 rings (SSSR count). The maximum Gasteiger partial charge on any atom is 0.260 e. The summed E-state index contributed by atoms with van der Waals surface area (Å²) in [6.45, 7) is 3.95. The SMILES string of the molecule is CCN1CCCCN(C(=O)COc2ccc(Cl)cc2)[C@@H](Cc2ccccc2)COc2ccccc2C1=O. The van der Waals surface area contributed by atoms with Gasteiger partial charge in [0.25, 0.3) is 11.8 Å². The molecule has 2 amide bonds. The Balaban J connectivity index is 1.59. The van der Waals surface area contributed by atoms with Gasteiger partial charge in [-0.15, -0.1) is 0 Å². The highest BCUT2D eigenvalue weighted by atomic mass is 35.5. The molecule has 0 saturated carbocycles. The number of ether oxygens (including phenoxy) is 2. The Morgan fingerprint density at radius 3 is 2.43 bits per heavy atom. The van der Waals surface area contributed by atoms with E-state index in [1.807, 2.05) is 53.1 Å². The van der Waals surface area contributed by atoms with Crippen LogP contribution in [0.1, 0.15) is 35.7 Å². The van der Waals surface area contributed by atoms with Gasteiger partial charge in [0.05, 0.1) is 11.6 Å². The van der Waals surface area contributed by atoms with E-state index in [0.717, 1.165) is 18.4 Å². The molecule has 194 valence electrons. The highest BCUT2D eigenvalue weighted by molar-refractivity contribution is 6.30. The molecule has 0 fully saturated rings. The minimum atomic E-state index is -0.228. The molecular weight excluding hydrogens is 488 g/mol. The van der Waals surface area contributed by atoms with Crippen molar-refractivity contribution in [2.45, 2.75) is 32.2 Å². The van der Waals surface area contributed by atoms with Crippen molar-refractivity contribution in [2.24, 2.45) is 0 Å². The lowest BCUT2D eigenvalue weighted by Crippen LogP contribution is -2.48. The molecule has 0 aliphatic carbocycles. The standard InChI is InChI=1S/C30H33ClN2O4/c1-2-32-18-8-9-19-33(29(34)22-36-26-16-14-24(31)15-17-26)25(20-23-10-4-3-5-11-23)21-37-28-13-7-6-12-27(28)30(32)35/h3-7,10-17,25H,2,8-9,18-22H2,1H3/t25-/m0/s1. The van der Waals surface area contributed by atoms with Crippen molar-refractivity contribution in [3.8, 4) is 11.5 Å². The van der Waals surface area contributed by atoms with Gasteiger partial charge in [0.15, 0.2) is 6.61 Å². The van der Waals surface area contributed by atoms with Crippen molar-refractivity contribution in [3.63, 3.8) is 0 Å². The topological polar surface area (TPSA) is 59.1 Å². The van der Waals surface area contributed by atoms with Crippen LogP contribution in [0.2, 0.25) is 5.02 Å². The van der Waals surface area contributed by atoms with Gasteiger partial charge in [0.1, 0.15) is 18.1 Å². The molecule has 3 aromatic rings. The van der Waals surface area contributed by atoms with Crippen molar-refractivity contribution < 1.29 is 19.1 Å². The van der Waals surface area contributed by atoms with Crippen molar-refractivity contribution >= 4 is 23.4 Å². The van der Waals surface area contributed by atoms with Gasteiger partial charge in [-0.05, 0) is 68.1 Å². The second kappa shape index (κ2) is 13.2. The molecular formula is C30H33ClN2O4. The summed E-state index contributed by atoms with van der Waals surface area (Å²) in [7, 11) is 0. The van der Waals surface area contributed by atoms with Crippen LogP contribution in [0.4, 0.5) is 0 Å². The molecule has 1 aliphatic rings. The molecule has 0 aromatic heterocycles. The van der Waals surface area contributed by atoms with Crippen LogP contribution in [0.5, 0.6) is 11.5 Å². The number of nitrogens with zero attached hydrogens (tertiary/aromatic N) is 2. The van der Waals surface area contributed by atoms with Crippen LogP contribution >= 0.6 is 11.6 Å². The van der Waals surface area contributed by atoms with E-state index in [-0.39, 0.29) is 31.1 Å². The van der Waals surface area contributed by atoms with E-state index in [1.165, 1.54) is 0 Å². The Morgan fingerprint density at radius 2 is 1.68 bits per heavy atom. The van der Waals surface area contributed by atoms with E-state index in [1.54, 1.807) is 30.3 Å². The Kier molecular flexibility index (Phi) is 9.44. The van der Waals surface area contributed by atoms with Crippen LogP contribution in [-0.4, -0.2) is 60.5 Å². The monoisotopic (exact) mass is 520 g/mol. The van der Waals surface area contributed by atoms with Crippen LogP contribution in [0, 0.1) is 0 Å². The predicted octanol–water partition coefficient (Wildman–Crippen LogP) is 5.49. The van der Waals surface area contributed by atoms with E-state index >= 15 is 0 Å². The van der Waals surface area contributed by atoms with Crippen LogP contribution in [-0.2, 0) is 11.2 Å². The van der Waals surface area contributed by atoms with E-state index in [0.29, 0.717) is 48.1 Å². The van der Waals surface area contributed by atoms with Gasteiger partial charge in [-0.25, -0.2) is 0 Å². The molecule has 1 heterocycles. The number of carbonyl (C=O) groups excluding carboxylic acids is 2. The van der Waals surface area contributed by atoms with E-state index < -0.39 is 0 Å². The number of fused-ring (bicyclic) bond motifs is 1. The van der Waals surface area contributed by atoms with E-state index in [2.05, 4.69) is 12.1 Å². The lowest BCUT2D eigenvalue weighted by atomic mass is 10.0. The zero-order valence-electron chi connectivity index (χ0n) is 21.1. The first-order valence-corrected chi connectivity index (χ1v) is 13.2. The molecule has 0 spiro atoms. The van der Waals surface area contributed by atoms with Crippen LogP contribution < -0.4 is 9.47 Å². The average molecular weight is 521 g/mol. The molecule has 0 bridgehead atoms. The number of para-hydroxylation sites is 1. The molecule has 0 radical (unpaired) electrons. The first kappa shape index (κ1) is 26.6. The van der Waals surface area contributed by atoms with Crippen LogP contribution in [0.3, 0.4) is 0 Å². The van der Waals surface area contributed by atoms with E-state index in [9.17, 15) is 9.59 Å². The minimum Gasteiger partial charge on any atom is -0.491 e. The highest BCUT2D eigenvalue weighted by Crippen LogP contribution is 2.23. The van der Waals surface area contributed by atoms with Gasteiger partial charge in [0, 0.05) is 24.7 Å². The Hall–Kier alpha value is -3.51. The van der Waals surface area contributed by atoms with Gasteiger partial charge in [-0.3, -0.25) is 9.59 Å². The number of amides is 2. The summed E-state index contributed by atoms with van der Waals surface area (Å²) >= 11 is 5.98. The summed E-state index contributed by atoms with van der Waals surface area (Å²) < 4.78 is 12.1. The number of halogens is 1. The summed E-state index contributed by atoms with van der Waals surface area (Å²) in [5, 5.41) is 0.613. The van der Waals surface area contributed by atoms with Crippen LogP contribution in [0.25, 0.3) is 0 Å². The molecule has 1 atom stereocenters.